The molecular formula is C6H3ClF2N2O5S. The van der Waals surface area contributed by atoms with E-state index in [-0.39, 0.29) is 0 Å². The Balaban J connectivity index is 3.89. The van der Waals surface area contributed by atoms with Crippen molar-refractivity contribution in [1.82, 2.24) is 4.98 Å². The molecule has 0 bridgehead atoms. The number of aromatic amines is 1. The van der Waals surface area contributed by atoms with Crippen LogP contribution in [0.4, 0.5) is 14.5 Å². The SMILES string of the molecule is O=c1[nH]cc(C(F)F)c(S(=O)(=O)Cl)c1[N+](=O)[O-]. The zero-order chi connectivity index (χ0) is 13.4. The topological polar surface area (TPSA) is 110 Å². The summed E-state index contributed by atoms with van der Waals surface area (Å²) in [6, 6.07) is 0. The van der Waals surface area contributed by atoms with E-state index in [2.05, 4.69) is 0 Å². The fraction of sp³-hybridized carbons (Fsp3) is 0.167. The Morgan fingerprint density at radius 2 is 2.00 bits per heavy atom. The summed E-state index contributed by atoms with van der Waals surface area (Å²) in [7, 11) is -0.0355. The zero-order valence-electron chi connectivity index (χ0n) is 7.69. The van der Waals surface area contributed by atoms with E-state index in [0.717, 1.165) is 0 Å². The van der Waals surface area contributed by atoms with Gasteiger partial charge in [-0.1, -0.05) is 0 Å². The van der Waals surface area contributed by atoms with E-state index >= 15 is 0 Å². The second kappa shape index (κ2) is 4.37. The van der Waals surface area contributed by atoms with Crippen LogP contribution in [0.15, 0.2) is 15.9 Å². The molecule has 0 aliphatic carbocycles. The van der Waals surface area contributed by atoms with Gasteiger partial charge in [-0.2, -0.15) is 0 Å². The third-order valence-corrected chi connectivity index (χ3v) is 3.09. The summed E-state index contributed by atoms with van der Waals surface area (Å²) in [6.07, 6.45) is -2.97. The van der Waals surface area contributed by atoms with Gasteiger partial charge in [0.25, 0.3) is 15.5 Å². The highest BCUT2D eigenvalue weighted by Gasteiger charge is 2.34. The minimum Gasteiger partial charge on any atom is -0.323 e. The summed E-state index contributed by atoms with van der Waals surface area (Å²) in [6.45, 7) is 0. The summed E-state index contributed by atoms with van der Waals surface area (Å²) in [4.78, 5) is 20.3. The Labute approximate surface area is 96.6 Å². The molecule has 0 fully saturated rings. The molecule has 0 atom stereocenters. The van der Waals surface area contributed by atoms with Crippen LogP contribution < -0.4 is 5.56 Å². The Morgan fingerprint density at radius 1 is 1.47 bits per heavy atom. The van der Waals surface area contributed by atoms with Gasteiger partial charge in [-0.3, -0.25) is 14.9 Å². The number of alkyl halides is 2. The summed E-state index contributed by atoms with van der Waals surface area (Å²) in [5.41, 5.74) is -4.19. The second-order valence-electron chi connectivity index (χ2n) is 2.75. The fourth-order valence-electron chi connectivity index (χ4n) is 1.10. The van der Waals surface area contributed by atoms with Gasteiger partial charge in [0.1, 0.15) is 0 Å². The van der Waals surface area contributed by atoms with Gasteiger partial charge in [0, 0.05) is 16.9 Å². The maximum atomic E-state index is 12.5. The average Bonchev–Trinajstić information content (AvgIpc) is 2.14. The maximum Gasteiger partial charge on any atom is 0.354 e. The lowest BCUT2D eigenvalue weighted by atomic mass is 10.2. The number of hydrogen-bond donors (Lipinski definition) is 1. The van der Waals surface area contributed by atoms with Gasteiger partial charge < -0.3 is 4.98 Å². The standard InChI is InChI=1S/C6H3ClF2N2O5S/c7-17(15,16)4-2(5(8)9)1-10-6(12)3(4)11(13)14/h1,5H,(H,10,12). The third kappa shape index (κ3) is 2.58. The first kappa shape index (κ1) is 13.5. The predicted octanol–water partition coefficient (Wildman–Crippen LogP) is 1.15. The first-order valence-corrected chi connectivity index (χ1v) is 6.10. The molecule has 0 radical (unpaired) electrons. The molecule has 1 aromatic heterocycles. The van der Waals surface area contributed by atoms with Gasteiger partial charge in [0.2, 0.25) is 0 Å². The molecule has 0 aromatic carbocycles. The Bertz CT molecular complexity index is 626. The van der Waals surface area contributed by atoms with Gasteiger partial charge in [0.05, 0.1) is 10.5 Å². The monoisotopic (exact) mass is 288 g/mol. The minimum atomic E-state index is -4.85. The molecule has 0 saturated heterocycles. The van der Waals surface area contributed by atoms with Crippen molar-refractivity contribution in [2.45, 2.75) is 11.3 Å². The van der Waals surface area contributed by atoms with Gasteiger partial charge in [-0.05, 0) is 0 Å². The lowest BCUT2D eigenvalue weighted by Crippen LogP contribution is -2.17. The highest BCUT2D eigenvalue weighted by atomic mass is 35.7. The van der Waals surface area contributed by atoms with Crippen LogP contribution in [0.5, 0.6) is 0 Å². The molecule has 0 aliphatic rings. The number of H-pyrrole nitrogens is 1. The molecule has 1 aromatic rings. The summed E-state index contributed by atoms with van der Waals surface area (Å²) >= 11 is 0. The van der Waals surface area contributed by atoms with Crippen LogP contribution in [0.2, 0.25) is 0 Å². The zero-order valence-corrected chi connectivity index (χ0v) is 9.26. The van der Waals surface area contributed by atoms with Crippen LogP contribution in [-0.2, 0) is 9.05 Å². The number of hydrogen-bond acceptors (Lipinski definition) is 5. The lowest BCUT2D eigenvalue weighted by molar-refractivity contribution is -0.389. The van der Waals surface area contributed by atoms with Crippen LogP contribution in [0.3, 0.4) is 0 Å². The second-order valence-corrected chi connectivity index (χ2v) is 5.25. The van der Waals surface area contributed by atoms with Crippen LogP contribution in [0.25, 0.3) is 0 Å². The molecule has 0 amide bonds. The van der Waals surface area contributed by atoms with Crippen molar-refractivity contribution in [2.24, 2.45) is 0 Å². The highest BCUT2D eigenvalue weighted by molar-refractivity contribution is 8.13. The molecule has 11 heteroatoms. The van der Waals surface area contributed by atoms with E-state index < -0.39 is 42.1 Å². The third-order valence-electron chi connectivity index (χ3n) is 1.71. The van der Waals surface area contributed by atoms with E-state index in [0.29, 0.717) is 6.20 Å². The molecule has 7 nitrogen and oxygen atoms in total. The molecule has 1 rings (SSSR count). The molecule has 1 heterocycles. The van der Waals surface area contributed by atoms with E-state index in [1.165, 1.54) is 0 Å². The van der Waals surface area contributed by atoms with Crippen LogP contribution in [-0.4, -0.2) is 18.3 Å². The van der Waals surface area contributed by atoms with Crippen molar-refractivity contribution < 1.29 is 22.1 Å². The molecule has 1 N–H and O–H groups in total. The van der Waals surface area contributed by atoms with Crippen LogP contribution >= 0.6 is 10.7 Å². The minimum absolute atomic E-state index is 0.370. The first-order chi connectivity index (χ1) is 7.66. The van der Waals surface area contributed by atoms with Gasteiger partial charge in [-0.15, -0.1) is 0 Å². The summed E-state index contributed by atoms with van der Waals surface area (Å²) < 4.78 is 47.0. The Hall–Kier alpha value is -1.55. The molecule has 94 valence electrons. The molecule has 0 aliphatic heterocycles. The van der Waals surface area contributed by atoms with Gasteiger partial charge >= 0.3 is 11.2 Å². The molecule has 0 unspecified atom stereocenters. The van der Waals surface area contributed by atoms with Crippen molar-refractivity contribution in [2.75, 3.05) is 0 Å². The quantitative estimate of drug-likeness (QED) is 0.509. The number of nitrogens with zero attached hydrogens (tertiary/aromatic N) is 1. The van der Waals surface area contributed by atoms with Crippen molar-refractivity contribution in [3.63, 3.8) is 0 Å². The fourth-order valence-corrected chi connectivity index (χ4v) is 2.42. The van der Waals surface area contributed by atoms with Crippen molar-refractivity contribution in [1.29, 1.82) is 0 Å². The smallest absolute Gasteiger partial charge is 0.323 e. The first-order valence-electron chi connectivity index (χ1n) is 3.79. The number of aromatic nitrogens is 1. The number of nitro groups is 1. The van der Waals surface area contributed by atoms with E-state index in [1.807, 2.05) is 0 Å². The van der Waals surface area contributed by atoms with Crippen molar-refractivity contribution in [3.8, 4) is 0 Å². The lowest BCUT2D eigenvalue weighted by Gasteiger charge is -2.05. The van der Waals surface area contributed by atoms with Crippen LogP contribution in [0, 0.1) is 10.1 Å². The number of rotatable bonds is 3. The average molecular weight is 289 g/mol. The number of nitrogens with one attached hydrogen (secondary N) is 1. The van der Waals surface area contributed by atoms with Crippen molar-refractivity contribution >= 4 is 25.4 Å². The van der Waals surface area contributed by atoms with Crippen LogP contribution in [0.1, 0.15) is 12.0 Å². The van der Waals surface area contributed by atoms with Gasteiger partial charge in [-0.25, -0.2) is 17.2 Å². The molecule has 17 heavy (non-hydrogen) atoms. The summed E-state index contributed by atoms with van der Waals surface area (Å²) in [5, 5.41) is 10.5. The largest absolute Gasteiger partial charge is 0.354 e. The summed E-state index contributed by atoms with van der Waals surface area (Å²) in [5.74, 6) is 0. The Morgan fingerprint density at radius 3 is 2.35 bits per heavy atom. The van der Waals surface area contributed by atoms with E-state index in [9.17, 15) is 32.1 Å². The van der Waals surface area contributed by atoms with E-state index in [4.69, 9.17) is 10.7 Å². The Kier molecular flexibility index (Phi) is 3.48. The van der Waals surface area contributed by atoms with Crippen molar-refractivity contribution in [3.05, 3.63) is 32.2 Å². The maximum absolute atomic E-state index is 12.5. The highest BCUT2D eigenvalue weighted by Crippen LogP contribution is 2.32. The van der Waals surface area contributed by atoms with Gasteiger partial charge in [0.15, 0.2) is 4.90 Å². The van der Waals surface area contributed by atoms with E-state index in [1.54, 1.807) is 4.98 Å². The molecular weight excluding hydrogens is 286 g/mol. The number of pyridine rings is 1. The molecule has 0 saturated carbocycles. The number of halogens is 3. The predicted molar refractivity (Wildman–Crippen MR) is 51.7 cm³/mol. The molecule has 0 spiro atoms. The normalized spacial score (nSPS) is 11.8.